The van der Waals surface area contributed by atoms with Gasteiger partial charge < -0.3 is 4.74 Å². The molecule has 0 radical (unpaired) electrons. The summed E-state index contributed by atoms with van der Waals surface area (Å²) >= 11 is 0. The Kier molecular flexibility index (Phi) is 5.69. The smallest absolute Gasteiger partial charge is 0.215 e. The second kappa shape index (κ2) is 6.84. The van der Waals surface area contributed by atoms with Crippen LogP contribution in [-0.4, -0.2) is 27.2 Å². The first kappa shape index (κ1) is 16.6. The minimum atomic E-state index is -3.50. The van der Waals surface area contributed by atoms with E-state index in [2.05, 4.69) is 4.72 Å². The lowest BCUT2D eigenvalue weighted by molar-refractivity contribution is -0.00515. The molecule has 0 spiro atoms. The third-order valence-electron chi connectivity index (χ3n) is 2.74. The molecule has 6 heteroatoms. The van der Waals surface area contributed by atoms with Crippen molar-refractivity contribution in [1.29, 1.82) is 5.26 Å². The van der Waals surface area contributed by atoms with Gasteiger partial charge in [0.05, 0.1) is 23.0 Å². The average molecular weight is 296 g/mol. The molecule has 0 aliphatic carbocycles. The monoisotopic (exact) mass is 296 g/mol. The number of sulfonamides is 1. The Balaban J connectivity index is 2.74. The molecule has 0 saturated heterocycles. The van der Waals surface area contributed by atoms with E-state index in [1.807, 2.05) is 26.8 Å². The molecule has 0 aromatic heterocycles. The molecule has 0 saturated carbocycles. The lowest BCUT2D eigenvalue weighted by Gasteiger charge is -2.24. The summed E-state index contributed by atoms with van der Waals surface area (Å²) in [6, 6.07) is 8.67. The second-order valence-electron chi connectivity index (χ2n) is 5.04. The fourth-order valence-electron chi connectivity index (χ4n) is 1.74. The number of benzene rings is 1. The molecule has 1 aromatic rings. The van der Waals surface area contributed by atoms with Gasteiger partial charge in [0.25, 0.3) is 0 Å². The summed E-state index contributed by atoms with van der Waals surface area (Å²) in [7, 11) is -3.50. The van der Waals surface area contributed by atoms with Crippen molar-refractivity contribution in [3.05, 3.63) is 35.4 Å². The van der Waals surface area contributed by atoms with Crippen LogP contribution in [0.5, 0.6) is 0 Å². The van der Waals surface area contributed by atoms with Gasteiger partial charge >= 0.3 is 0 Å². The molecule has 5 nitrogen and oxygen atoms in total. The summed E-state index contributed by atoms with van der Waals surface area (Å²) in [6.07, 6.45) is 0. The van der Waals surface area contributed by atoms with Gasteiger partial charge in [-0.1, -0.05) is 18.2 Å². The zero-order valence-corrected chi connectivity index (χ0v) is 12.8. The van der Waals surface area contributed by atoms with Gasteiger partial charge in [-0.3, -0.25) is 0 Å². The number of nitrogens with one attached hydrogen (secondary N) is 1. The molecular formula is C14H20N2O3S. The van der Waals surface area contributed by atoms with Crippen molar-refractivity contribution in [2.75, 3.05) is 13.2 Å². The normalized spacial score (nSPS) is 12.1. The number of hydrogen-bond acceptors (Lipinski definition) is 4. The van der Waals surface area contributed by atoms with Crippen LogP contribution in [0.4, 0.5) is 0 Å². The maximum absolute atomic E-state index is 12.0. The zero-order chi connectivity index (χ0) is 15.2. The Bertz CT molecular complexity index is 589. The van der Waals surface area contributed by atoms with E-state index in [4.69, 9.17) is 10.00 Å². The predicted octanol–water partition coefficient (Wildman–Crippen LogP) is 1.79. The van der Waals surface area contributed by atoms with Crippen LogP contribution >= 0.6 is 0 Å². The van der Waals surface area contributed by atoms with Gasteiger partial charge in [0, 0.05) is 13.2 Å². The van der Waals surface area contributed by atoms with Gasteiger partial charge in [-0.05, 0) is 32.4 Å². The van der Waals surface area contributed by atoms with E-state index in [0.29, 0.717) is 17.7 Å². The van der Waals surface area contributed by atoms with Crippen molar-refractivity contribution in [2.45, 2.75) is 32.1 Å². The molecule has 0 heterocycles. The maximum Gasteiger partial charge on any atom is 0.215 e. The number of nitriles is 1. The van der Waals surface area contributed by atoms with Gasteiger partial charge in [-0.2, -0.15) is 5.26 Å². The van der Waals surface area contributed by atoms with E-state index in [0.717, 1.165) is 0 Å². The molecule has 0 atom stereocenters. The molecule has 0 amide bonds. The van der Waals surface area contributed by atoms with Crippen LogP contribution in [0.1, 0.15) is 31.9 Å². The molecule has 0 aliphatic rings. The van der Waals surface area contributed by atoms with Crippen LogP contribution < -0.4 is 4.72 Å². The summed E-state index contributed by atoms with van der Waals surface area (Å²) in [5.41, 5.74) is 0.315. The number of ether oxygens (including phenoxy) is 1. The lowest BCUT2D eigenvalue weighted by atomic mass is 10.1. The van der Waals surface area contributed by atoms with E-state index in [9.17, 15) is 8.42 Å². The van der Waals surface area contributed by atoms with Crippen molar-refractivity contribution in [1.82, 2.24) is 4.72 Å². The summed E-state index contributed by atoms with van der Waals surface area (Å²) in [5, 5.41) is 8.96. The first-order valence-electron chi connectivity index (χ1n) is 6.39. The fraction of sp³-hybridized carbons (Fsp3) is 0.500. The van der Waals surface area contributed by atoms with Crippen LogP contribution in [0.25, 0.3) is 0 Å². The Labute approximate surface area is 120 Å². The molecular weight excluding hydrogens is 276 g/mol. The Morgan fingerprint density at radius 3 is 2.60 bits per heavy atom. The quantitative estimate of drug-likeness (QED) is 0.832. The van der Waals surface area contributed by atoms with Crippen molar-refractivity contribution in [3.8, 4) is 6.07 Å². The second-order valence-corrected chi connectivity index (χ2v) is 6.85. The Morgan fingerprint density at radius 1 is 1.35 bits per heavy atom. The van der Waals surface area contributed by atoms with Gasteiger partial charge in [0.1, 0.15) is 0 Å². The summed E-state index contributed by atoms with van der Waals surface area (Å²) < 4.78 is 32.0. The average Bonchev–Trinajstić information content (AvgIpc) is 2.37. The number of rotatable bonds is 7. The highest BCUT2D eigenvalue weighted by molar-refractivity contribution is 7.88. The molecule has 0 aliphatic heterocycles. The molecule has 1 rings (SSSR count). The van der Waals surface area contributed by atoms with E-state index in [1.165, 1.54) is 0 Å². The third-order valence-corrected chi connectivity index (χ3v) is 4.01. The Morgan fingerprint density at radius 2 is 2.00 bits per heavy atom. The van der Waals surface area contributed by atoms with E-state index < -0.39 is 15.6 Å². The van der Waals surface area contributed by atoms with Crippen molar-refractivity contribution in [3.63, 3.8) is 0 Å². The van der Waals surface area contributed by atoms with Crippen LogP contribution in [-0.2, 0) is 20.5 Å². The van der Waals surface area contributed by atoms with Crippen molar-refractivity contribution >= 4 is 10.0 Å². The first-order chi connectivity index (χ1) is 9.29. The lowest BCUT2D eigenvalue weighted by Crippen LogP contribution is -2.40. The van der Waals surface area contributed by atoms with Gasteiger partial charge in [0.2, 0.25) is 10.0 Å². The highest BCUT2D eigenvalue weighted by atomic mass is 32.2. The van der Waals surface area contributed by atoms with Crippen molar-refractivity contribution in [2.24, 2.45) is 0 Å². The summed E-state index contributed by atoms with van der Waals surface area (Å²) in [4.78, 5) is 0. The van der Waals surface area contributed by atoms with Crippen LogP contribution in [0, 0.1) is 11.3 Å². The number of nitrogens with zero attached hydrogens (tertiary/aromatic N) is 1. The Hall–Kier alpha value is -1.42. The highest BCUT2D eigenvalue weighted by Gasteiger charge is 2.22. The number of hydrogen-bond donors (Lipinski definition) is 1. The minimum absolute atomic E-state index is 0.192. The maximum atomic E-state index is 12.0. The van der Waals surface area contributed by atoms with E-state index in [-0.39, 0.29) is 12.3 Å². The van der Waals surface area contributed by atoms with Gasteiger partial charge in [-0.25, -0.2) is 13.1 Å². The third kappa shape index (κ3) is 5.29. The predicted molar refractivity (Wildman–Crippen MR) is 77.5 cm³/mol. The molecule has 0 bridgehead atoms. The van der Waals surface area contributed by atoms with E-state index >= 15 is 0 Å². The van der Waals surface area contributed by atoms with Gasteiger partial charge in [-0.15, -0.1) is 0 Å². The van der Waals surface area contributed by atoms with Crippen molar-refractivity contribution < 1.29 is 13.2 Å². The molecule has 0 fully saturated rings. The van der Waals surface area contributed by atoms with Crippen LogP contribution in [0.3, 0.4) is 0 Å². The topological polar surface area (TPSA) is 79.2 Å². The van der Waals surface area contributed by atoms with Gasteiger partial charge in [0.15, 0.2) is 0 Å². The standard InChI is InChI=1S/C14H20N2O3S/c1-4-19-14(2,3)11-16-20(17,18)10-13-8-6-5-7-12(13)9-15/h5-8,16H,4,10-11H2,1-3H3. The largest absolute Gasteiger partial charge is 0.375 e. The molecule has 1 N–H and O–H groups in total. The van der Waals surface area contributed by atoms with Crippen LogP contribution in [0.2, 0.25) is 0 Å². The molecule has 20 heavy (non-hydrogen) atoms. The molecule has 110 valence electrons. The summed E-state index contributed by atoms with van der Waals surface area (Å²) in [5.74, 6) is -0.209. The fourth-order valence-corrected chi connectivity index (χ4v) is 3.07. The van der Waals surface area contributed by atoms with Crippen LogP contribution in [0.15, 0.2) is 24.3 Å². The highest BCUT2D eigenvalue weighted by Crippen LogP contribution is 2.12. The SMILES string of the molecule is CCOC(C)(C)CNS(=O)(=O)Cc1ccccc1C#N. The zero-order valence-electron chi connectivity index (χ0n) is 12.0. The first-order valence-corrected chi connectivity index (χ1v) is 8.04. The molecule has 1 aromatic carbocycles. The minimum Gasteiger partial charge on any atom is -0.375 e. The summed E-state index contributed by atoms with van der Waals surface area (Å²) in [6.45, 7) is 6.22. The van der Waals surface area contributed by atoms with E-state index in [1.54, 1.807) is 24.3 Å². The molecule has 0 unspecified atom stereocenters.